The number of carboxylic acid groups (broad SMARTS) is 1. The molecule has 4 rings (SSSR count). The number of carboxylic acids is 1. The van der Waals surface area contributed by atoms with Gasteiger partial charge in [0.2, 0.25) is 0 Å². The number of allylic oxidation sites excluding steroid dienone is 3. The van der Waals surface area contributed by atoms with E-state index in [2.05, 4.69) is 10.6 Å². The highest BCUT2D eigenvalue weighted by atomic mass is 19.1. The van der Waals surface area contributed by atoms with Crippen LogP contribution in [-0.4, -0.2) is 55.5 Å². The van der Waals surface area contributed by atoms with E-state index in [0.717, 1.165) is 63.0 Å². The number of hydrogen-bond acceptors (Lipinski definition) is 6. The number of fused-ring (bicyclic) bond motifs is 1. The quantitative estimate of drug-likeness (QED) is 0.246. The van der Waals surface area contributed by atoms with Gasteiger partial charge in [-0.05, 0) is 80.8 Å². The number of carbonyl (C=O) groups excluding carboxylic acids is 2. The Morgan fingerprint density at radius 2 is 1.85 bits per heavy atom. The molecule has 1 aromatic rings. The van der Waals surface area contributed by atoms with Crippen LogP contribution < -0.4 is 10.6 Å². The van der Waals surface area contributed by atoms with Crippen LogP contribution >= 0.6 is 0 Å². The zero-order chi connectivity index (χ0) is 28.5. The number of hydrogen-bond donors (Lipinski definition) is 3. The third-order valence-corrected chi connectivity index (χ3v) is 8.82. The average molecular weight is 555 g/mol. The molecule has 0 aromatic heterocycles. The molecule has 7 nitrogen and oxygen atoms in total. The molecule has 1 saturated heterocycles. The van der Waals surface area contributed by atoms with Crippen molar-refractivity contribution in [2.24, 2.45) is 23.7 Å². The van der Waals surface area contributed by atoms with Gasteiger partial charge < -0.3 is 20.5 Å². The monoisotopic (exact) mass is 554 g/mol. The molecule has 3 aliphatic rings. The molecular formula is C32H43FN2O5. The molecule has 1 aromatic carbocycles. The minimum absolute atomic E-state index is 0.0104. The maximum atomic E-state index is 14.8. The van der Waals surface area contributed by atoms with Crippen molar-refractivity contribution in [1.29, 1.82) is 0 Å². The first-order valence-electron chi connectivity index (χ1n) is 14.8. The molecular weight excluding hydrogens is 511 g/mol. The molecule has 4 atom stereocenters. The minimum Gasteiger partial charge on any atom is -0.478 e. The first-order chi connectivity index (χ1) is 19.4. The summed E-state index contributed by atoms with van der Waals surface area (Å²) in [7, 11) is 1.79. The molecule has 0 bridgehead atoms. The standard InChI is InChI=1S/C32H43FN2O5/c1-34-27-20-24(33)19-26-25(27)6-4-7-28(36)30(29(37)13-10-22-8-11-23(12-9-22)32(38)39)31(26)35-16-3-2-5-21-14-17-40-18-15-21/h8-9,11-12,19-21,25-26,30-31,34-35H,2-7,10,13-18H2,1H3,(H,38,39). The average Bonchev–Trinajstić information content (AvgIpc) is 2.95. The van der Waals surface area contributed by atoms with E-state index in [9.17, 15) is 18.8 Å². The number of benzene rings is 1. The Balaban J connectivity index is 1.48. The number of ether oxygens (including phenoxy) is 1. The lowest BCUT2D eigenvalue weighted by Crippen LogP contribution is -2.52. The van der Waals surface area contributed by atoms with Crippen molar-refractivity contribution < 1.29 is 28.6 Å². The Bertz CT molecular complexity index is 1090. The summed E-state index contributed by atoms with van der Waals surface area (Å²) in [4.78, 5) is 38.4. The molecule has 0 amide bonds. The summed E-state index contributed by atoms with van der Waals surface area (Å²) < 4.78 is 20.3. The van der Waals surface area contributed by atoms with Crippen LogP contribution in [0.5, 0.6) is 0 Å². The number of aryl methyl sites for hydroxylation is 1. The van der Waals surface area contributed by atoms with Crippen molar-refractivity contribution in [1.82, 2.24) is 10.6 Å². The Kier molecular flexibility index (Phi) is 11.1. The van der Waals surface area contributed by atoms with E-state index in [4.69, 9.17) is 9.84 Å². The van der Waals surface area contributed by atoms with E-state index < -0.39 is 17.9 Å². The van der Waals surface area contributed by atoms with Crippen molar-refractivity contribution in [3.8, 4) is 0 Å². The lowest BCUT2D eigenvalue weighted by Gasteiger charge is -2.40. The third kappa shape index (κ3) is 7.88. The van der Waals surface area contributed by atoms with Crippen LogP contribution in [0.2, 0.25) is 0 Å². The predicted octanol–water partition coefficient (Wildman–Crippen LogP) is 5.01. The van der Waals surface area contributed by atoms with Gasteiger partial charge in [-0.25, -0.2) is 9.18 Å². The van der Waals surface area contributed by atoms with Gasteiger partial charge in [-0.3, -0.25) is 9.59 Å². The number of carbonyl (C=O) groups is 3. The summed E-state index contributed by atoms with van der Waals surface area (Å²) >= 11 is 0. The first-order valence-corrected chi connectivity index (χ1v) is 14.8. The third-order valence-electron chi connectivity index (χ3n) is 8.82. The Morgan fingerprint density at radius 1 is 1.10 bits per heavy atom. The number of aromatic carboxylic acids is 1. The number of Topliss-reactive ketones (excluding diaryl/α,β-unsaturated/α-hetero) is 2. The lowest BCUT2D eigenvalue weighted by atomic mass is 9.69. The molecule has 8 heteroatoms. The second-order valence-corrected chi connectivity index (χ2v) is 11.4. The van der Waals surface area contributed by atoms with Crippen molar-refractivity contribution in [2.45, 2.75) is 70.3 Å². The highest BCUT2D eigenvalue weighted by Crippen LogP contribution is 2.39. The van der Waals surface area contributed by atoms with Crippen molar-refractivity contribution in [2.75, 3.05) is 26.8 Å². The second kappa shape index (κ2) is 14.7. The van der Waals surface area contributed by atoms with Crippen LogP contribution in [0.25, 0.3) is 0 Å². The highest BCUT2D eigenvalue weighted by Gasteiger charge is 2.43. The van der Waals surface area contributed by atoms with Crippen LogP contribution in [0.4, 0.5) is 4.39 Å². The van der Waals surface area contributed by atoms with Crippen LogP contribution in [0.3, 0.4) is 0 Å². The molecule has 1 heterocycles. The van der Waals surface area contributed by atoms with Gasteiger partial charge in [0, 0.05) is 56.7 Å². The molecule has 1 saturated carbocycles. The van der Waals surface area contributed by atoms with E-state index >= 15 is 0 Å². The van der Waals surface area contributed by atoms with Crippen LogP contribution in [0.15, 0.2) is 47.9 Å². The van der Waals surface area contributed by atoms with Gasteiger partial charge in [0.15, 0.2) is 0 Å². The molecule has 2 fully saturated rings. The van der Waals surface area contributed by atoms with Gasteiger partial charge in [0.25, 0.3) is 0 Å². The first kappa shape index (κ1) is 30.1. The van der Waals surface area contributed by atoms with E-state index in [1.54, 1.807) is 25.3 Å². The van der Waals surface area contributed by atoms with Gasteiger partial charge >= 0.3 is 5.97 Å². The number of unbranched alkanes of at least 4 members (excludes halogenated alkanes) is 1. The lowest BCUT2D eigenvalue weighted by molar-refractivity contribution is -0.135. The minimum atomic E-state index is -0.998. The molecule has 0 spiro atoms. The van der Waals surface area contributed by atoms with Crippen molar-refractivity contribution in [3.05, 3.63) is 59.1 Å². The smallest absolute Gasteiger partial charge is 0.335 e. The fourth-order valence-corrected chi connectivity index (χ4v) is 6.58. The number of halogens is 1. The molecule has 4 unspecified atom stereocenters. The molecule has 40 heavy (non-hydrogen) atoms. The van der Waals surface area contributed by atoms with E-state index in [0.29, 0.717) is 31.7 Å². The molecule has 218 valence electrons. The fourth-order valence-electron chi connectivity index (χ4n) is 6.58. The van der Waals surface area contributed by atoms with E-state index in [1.165, 1.54) is 18.2 Å². The topological polar surface area (TPSA) is 105 Å². The Morgan fingerprint density at radius 3 is 2.55 bits per heavy atom. The molecule has 3 N–H and O–H groups in total. The number of nitrogens with one attached hydrogen (secondary N) is 2. The van der Waals surface area contributed by atoms with Crippen LogP contribution in [-0.2, 0) is 20.7 Å². The van der Waals surface area contributed by atoms with E-state index in [-0.39, 0.29) is 41.2 Å². The maximum Gasteiger partial charge on any atom is 0.335 e. The van der Waals surface area contributed by atoms with Gasteiger partial charge in [-0.2, -0.15) is 0 Å². The van der Waals surface area contributed by atoms with Gasteiger partial charge in [0.05, 0.1) is 11.5 Å². The van der Waals surface area contributed by atoms with E-state index in [1.807, 2.05) is 0 Å². The summed E-state index contributed by atoms with van der Waals surface area (Å²) in [6.45, 7) is 2.34. The summed E-state index contributed by atoms with van der Waals surface area (Å²) in [5.74, 6) is -2.00. The summed E-state index contributed by atoms with van der Waals surface area (Å²) in [6.07, 6.45) is 10.8. The normalized spacial score (nSPS) is 25.7. The van der Waals surface area contributed by atoms with Crippen LogP contribution in [0, 0.1) is 23.7 Å². The van der Waals surface area contributed by atoms with Crippen LogP contribution in [0.1, 0.15) is 73.7 Å². The summed E-state index contributed by atoms with van der Waals surface area (Å²) in [5.41, 5.74) is 1.85. The zero-order valence-electron chi connectivity index (χ0n) is 23.5. The van der Waals surface area contributed by atoms with Gasteiger partial charge in [-0.1, -0.05) is 25.0 Å². The highest BCUT2D eigenvalue weighted by molar-refractivity contribution is 6.03. The SMILES string of the molecule is CNC1=CC(F)=CC2C1CCCC(=O)C(C(=O)CCc1ccc(C(=O)O)cc1)C2NCCCCC1CCOCC1. The fraction of sp³-hybridized carbons (Fsp3) is 0.594. The maximum absolute atomic E-state index is 14.8. The zero-order valence-corrected chi connectivity index (χ0v) is 23.5. The predicted molar refractivity (Wildman–Crippen MR) is 152 cm³/mol. The Hall–Kier alpha value is -2.84. The second-order valence-electron chi connectivity index (χ2n) is 11.4. The molecule has 1 aliphatic heterocycles. The van der Waals surface area contributed by atoms with Crippen molar-refractivity contribution >= 4 is 17.5 Å². The summed E-state index contributed by atoms with van der Waals surface area (Å²) in [6, 6.07) is 6.00. The number of rotatable bonds is 12. The molecule has 2 aliphatic carbocycles. The summed E-state index contributed by atoms with van der Waals surface area (Å²) in [5, 5.41) is 15.9. The largest absolute Gasteiger partial charge is 0.478 e. The molecule has 0 radical (unpaired) electrons. The van der Waals surface area contributed by atoms with Gasteiger partial charge in [-0.15, -0.1) is 0 Å². The van der Waals surface area contributed by atoms with Gasteiger partial charge in [0.1, 0.15) is 17.4 Å². The number of ketones is 2. The van der Waals surface area contributed by atoms with Crippen molar-refractivity contribution in [3.63, 3.8) is 0 Å². The Labute approximate surface area is 236 Å².